The van der Waals surface area contributed by atoms with E-state index in [0.717, 1.165) is 5.69 Å². The number of rotatable bonds is 4. The van der Waals surface area contributed by atoms with Crippen LogP contribution in [0.3, 0.4) is 0 Å². The number of hydrogen-bond donors (Lipinski definition) is 3. The van der Waals surface area contributed by atoms with Crippen LogP contribution in [0.5, 0.6) is 5.88 Å². The number of aromatic hydroxyl groups is 1. The molecule has 9 heteroatoms. The van der Waals surface area contributed by atoms with E-state index >= 15 is 0 Å². The number of para-hydroxylation sites is 1. The minimum atomic E-state index is -0.358. The van der Waals surface area contributed by atoms with Crippen LogP contribution in [0.15, 0.2) is 71.7 Å². The van der Waals surface area contributed by atoms with Crippen LogP contribution < -0.4 is 10.2 Å². The molecule has 2 aliphatic rings. The minimum absolute atomic E-state index is 0.125. The average Bonchev–Trinajstić information content (AvgIpc) is 3.47. The lowest BCUT2D eigenvalue weighted by Gasteiger charge is -2.35. The summed E-state index contributed by atoms with van der Waals surface area (Å²) in [5, 5.41) is 14.0. The van der Waals surface area contributed by atoms with Gasteiger partial charge in [0.25, 0.3) is 11.8 Å². The van der Waals surface area contributed by atoms with Crippen LogP contribution in [-0.2, 0) is 4.79 Å². The molecule has 1 aromatic heterocycles. The highest BCUT2D eigenvalue weighted by molar-refractivity contribution is 6.56. The van der Waals surface area contributed by atoms with Gasteiger partial charge in [-0.2, -0.15) is 0 Å². The van der Waals surface area contributed by atoms with Gasteiger partial charge in [-0.25, -0.2) is 4.99 Å². The number of terminal acetylenes is 1. The number of aliphatic imine (C=N–C) groups is 1. The fourth-order valence-electron chi connectivity index (χ4n) is 5.01. The van der Waals surface area contributed by atoms with Gasteiger partial charge in [0.15, 0.2) is 5.88 Å². The number of piperazine rings is 1. The smallest absolute Gasteiger partial charge is 0.298 e. The summed E-state index contributed by atoms with van der Waals surface area (Å²) in [7, 11) is 0. The summed E-state index contributed by atoms with van der Waals surface area (Å²) in [6.45, 7) is 2.46. The molecular formula is C30H23N5O4. The first-order valence-corrected chi connectivity index (χ1v) is 12.4. The third-order valence-electron chi connectivity index (χ3n) is 7.05. The van der Waals surface area contributed by atoms with Gasteiger partial charge < -0.3 is 25.2 Å². The van der Waals surface area contributed by atoms with E-state index < -0.39 is 0 Å². The summed E-state index contributed by atoms with van der Waals surface area (Å²) in [5.74, 6) is 1.03. The lowest BCUT2D eigenvalue weighted by atomic mass is 10.00. The van der Waals surface area contributed by atoms with Crippen molar-refractivity contribution in [2.75, 3.05) is 36.4 Å². The van der Waals surface area contributed by atoms with E-state index in [0.29, 0.717) is 65.1 Å². The largest absolute Gasteiger partial charge is 0.494 e. The highest BCUT2D eigenvalue weighted by atomic mass is 16.3. The van der Waals surface area contributed by atoms with Crippen LogP contribution in [0.25, 0.3) is 10.9 Å². The minimum Gasteiger partial charge on any atom is -0.494 e. The standard InChI is InChI=1S/C30H23N5O4/c1-2-25(36)35-15-13-34(14-16-35)20-10-8-19(9-11-20)31-29(38)18-7-12-24-22(17-18)28(37)27(32-24)26-21-5-3-4-6-23(21)33-30(26)39/h1,3-12,17,33,39H,13-16H2,(H,31,38). The van der Waals surface area contributed by atoms with Gasteiger partial charge >= 0.3 is 0 Å². The molecule has 4 aromatic rings. The summed E-state index contributed by atoms with van der Waals surface area (Å²) in [5.41, 5.74) is 3.85. The number of nitrogens with one attached hydrogen (secondary N) is 2. The van der Waals surface area contributed by atoms with Crippen molar-refractivity contribution >= 4 is 51.3 Å². The van der Waals surface area contributed by atoms with Crippen LogP contribution in [0.2, 0.25) is 0 Å². The Labute approximate surface area is 223 Å². The maximum Gasteiger partial charge on any atom is 0.298 e. The van der Waals surface area contributed by atoms with Crippen LogP contribution in [0.1, 0.15) is 26.3 Å². The lowest BCUT2D eigenvalue weighted by Crippen LogP contribution is -2.48. The van der Waals surface area contributed by atoms with E-state index in [-0.39, 0.29) is 29.2 Å². The second kappa shape index (κ2) is 9.50. The lowest BCUT2D eigenvalue weighted by molar-refractivity contribution is -0.125. The fourth-order valence-corrected chi connectivity index (χ4v) is 5.01. The van der Waals surface area contributed by atoms with E-state index in [1.165, 1.54) is 6.07 Å². The van der Waals surface area contributed by atoms with Gasteiger partial charge in [0.1, 0.15) is 5.71 Å². The number of fused-ring (bicyclic) bond motifs is 2. The molecule has 0 aliphatic carbocycles. The van der Waals surface area contributed by atoms with E-state index in [4.69, 9.17) is 6.42 Å². The molecule has 0 unspecified atom stereocenters. The highest BCUT2D eigenvalue weighted by Crippen LogP contribution is 2.35. The molecule has 0 atom stereocenters. The van der Waals surface area contributed by atoms with Crippen molar-refractivity contribution in [3.63, 3.8) is 0 Å². The summed E-state index contributed by atoms with van der Waals surface area (Å²) in [4.78, 5) is 49.1. The van der Waals surface area contributed by atoms with Crippen LogP contribution in [0.4, 0.5) is 17.1 Å². The summed E-state index contributed by atoms with van der Waals surface area (Å²) in [6.07, 6.45) is 5.21. The van der Waals surface area contributed by atoms with Crippen LogP contribution >= 0.6 is 0 Å². The predicted molar refractivity (Wildman–Crippen MR) is 149 cm³/mol. The second-order valence-corrected chi connectivity index (χ2v) is 9.34. The Morgan fingerprint density at radius 2 is 1.74 bits per heavy atom. The van der Waals surface area contributed by atoms with Gasteiger partial charge in [0.2, 0.25) is 5.78 Å². The van der Waals surface area contributed by atoms with Gasteiger partial charge in [-0.3, -0.25) is 14.4 Å². The van der Waals surface area contributed by atoms with Gasteiger partial charge in [-0.05, 0) is 54.5 Å². The van der Waals surface area contributed by atoms with Crippen molar-refractivity contribution in [1.82, 2.24) is 9.88 Å². The molecule has 0 spiro atoms. The molecule has 9 nitrogen and oxygen atoms in total. The quantitative estimate of drug-likeness (QED) is 0.357. The number of nitrogens with zero attached hydrogens (tertiary/aromatic N) is 3. The molecule has 1 saturated heterocycles. The fraction of sp³-hybridized carbons (Fsp3) is 0.133. The first-order valence-electron chi connectivity index (χ1n) is 12.4. The van der Waals surface area contributed by atoms with Gasteiger partial charge in [-0.1, -0.05) is 18.2 Å². The molecule has 3 aromatic carbocycles. The third-order valence-corrected chi connectivity index (χ3v) is 7.05. The zero-order chi connectivity index (χ0) is 27.1. The van der Waals surface area contributed by atoms with Crippen molar-refractivity contribution in [3.05, 3.63) is 83.4 Å². The monoisotopic (exact) mass is 517 g/mol. The molecule has 0 saturated carbocycles. The molecular weight excluding hydrogens is 494 g/mol. The summed E-state index contributed by atoms with van der Waals surface area (Å²) >= 11 is 0. The molecule has 1 fully saturated rings. The van der Waals surface area contributed by atoms with Crippen LogP contribution in [0, 0.1) is 12.3 Å². The normalized spacial score (nSPS) is 14.6. The topological polar surface area (TPSA) is 118 Å². The molecule has 2 aliphatic heterocycles. The summed E-state index contributed by atoms with van der Waals surface area (Å²) < 4.78 is 0. The maximum absolute atomic E-state index is 13.3. The first-order chi connectivity index (χ1) is 18.9. The molecule has 6 rings (SSSR count). The Morgan fingerprint density at radius 3 is 2.49 bits per heavy atom. The number of Topliss-reactive ketones (excluding diaryl/α,β-unsaturated/α-hetero) is 1. The molecule has 2 amide bonds. The molecule has 0 bridgehead atoms. The van der Waals surface area contributed by atoms with Crippen molar-refractivity contribution in [3.8, 4) is 18.2 Å². The molecule has 0 radical (unpaired) electrons. The van der Waals surface area contributed by atoms with E-state index in [9.17, 15) is 19.5 Å². The zero-order valence-electron chi connectivity index (χ0n) is 20.8. The number of carbonyl (C=O) groups is 3. The van der Waals surface area contributed by atoms with Crippen molar-refractivity contribution < 1.29 is 19.5 Å². The molecule has 3 N–H and O–H groups in total. The Kier molecular flexibility index (Phi) is 5.85. The number of amides is 2. The predicted octanol–water partition coefficient (Wildman–Crippen LogP) is 3.72. The first kappa shape index (κ1) is 24.0. The zero-order valence-corrected chi connectivity index (χ0v) is 20.8. The Bertz CT molecular complexity index is 1720. The number of H-pyrrole nitrogens is 1. The van der Waals surface area contributed by atoms with Gasteiger partial charge in [0.05, 0.1) is 16.8 Å². The molecule has 192 valence electrons. The Balaban J connectivity index is 1.14. The SMILES string of the molecule is C#CC(=O)N1CCN(c2ccc(NC(=O)c3ccc4c(c3)C(=O)C(c3c(O)[nH]c5ccccc35)=N4)cc2)CC1. The number of aromatic amines is 1. The molecule has 39 heavy (non-hydrogen) atoms. The number of carbonyl (C=O) groups excluding carboxylic acids is 3. The third kappa shape index (κ3) is 4.28. The van der Waals surface area contributed by atoms with E-state index in [1.807, 2.05) is 48.5 Å². The highest BCUT2D eigenvalue weighted by Gasteiger charge is 2.31. The number of anilines is 2. The van der Waals surface area contributed by atoms with Crippen LogP contribution in [-0.4, -0.2) is 64.5 Å². The van der Waals surface area contributed by atoms with Crippen molar-refractivity contribution in [1.29, 1.82) is 0 Å². The average molecular weight is 518 g/mol. The second-order valence-electron chi connectivity index (χ2n) is 9.34. The Hall–Kier alpha value is -5.36. The van der Waals surface area contributed by atoms with Crippen molar-refractivity contribution in [2.24, 2.45) is 4.99 Å². The van der Waals surface area contributed by atoms with Crippen molar-refractivity contribution in [2.45, 2.75) is 0 Å². The number of ketones is 1. The molecule has 3 heterocycles. The number of hydrogen-bond acceptors (Lipinski definition) is 6. The van der Waals surface area contributed by atoms with E-state index in [1.54, 1.807) is 17.0 Å². The van der Waals surface area contributed by atoms with Gasteiger partial charge in [0, 0.05) is 54.0 Å². The van der Waals surface area contributed by atoms with Gasteiger partial charge in [-0.15, -0.1) is 6.42 Å². The maximum atomic E-state index is 13.3. The number of aromatic nitrogens is 1. The Morgan fingerprint density at radius 1 is 1.00 bits per heavy atom. The summed E-state index contributed by atoms with van der Waals surface area (Å²) in [6, 6.07) is 19.5. The van der Waals surface area contributed by atoms with E-state index in [2.05, 4.69) is 26.1 Å². The number of benzene rings is 3.